The molecule has 0 bridgehead atoms. The number of hydrogen-bond donors (Lipinski definition) is 2. The van der Waals surface area contributed by atoms with Crippen molar-refractivity contribution in [3.8, 4) is 0 Å². The van der Waals surface area contributed by atoms with E-state index in [0.717, 1.165) is 56.6 Å². The van der Waals surface area contributed by atoms with E-state index in [1.54, 1.807) is 0 Å². The summed E-state index contributed by atoms with van der Waals surface area (Å²) in [6.45, 7) is 11.1. The molecule has 1 saturated heterocycles. The summed E-state index contributed by atoms with van der Waals surface area (Å²) in [4.78, 5) is 14.5. The van der Waals surface area contributed by atoms with E-state index >= 15 is 0 Å². The zero-order valence-corrected chi connectivity index (χ0v) is 20.6. The number of ether oxygens (including phenoxy) is 1. The molecule has 0 aliphatic carbocycles. The Morgan fingerprint density at radius 2 is 2.10 bits per heavy atom. The Bertz CT molecular complexity index is 776. The van der Waals surface area contributed by atoms with Crippen molar-refractivity contribution < 1.29 is 4.74 Å². The van der Waals surface area contributed by atoms with Crippen LogP contribution in [0.5, 0.6) is 0 Å². The lowest BCUT2D eigenvalue weighted by molar-refractivity contribution is 0.122. The molecular formula is C21H32IN5OS. The van der Waals surface area contributed by atoms with Crippen molar-refractivity contribution in [2.75, 3.05) is 37.7 Å². The van der Waals surface area contributed by atoms with Crippen LogP contribution in [0.2, 0.25) is 0 Å². The first kappa shape index (κ1) is 23.9. The molecule has 8 heteroatoms. The van der Waals surface area contributed by atoms with Crippen LogP contribution in [0.15, 0.2) is 35.5 Å². The van der Waals surface area contributed by atoms with Crippen LogP contribution < -0.4 is 15.5 Å². The fourth-order valence-corrected chi connectivity index (χ4v) is 4.30. The van der Waals surface area contributed by atoms with E-state index in [1.807, 2.05) is 23.6 Å². The van der Waals surface area contributed by atoms with E-state index in [-0.39, 0.29) is 24.0 Å². The average Bonchev–Trinajstić information content (AvgIpc) is 3.11. The van der Waals surface area contributed by atoms with Crippen molar-refractivity contribution in [3.63, 3.8) is 0 Å². The highest BCUT2D eigenvalue weighted by Gasteiger charge is 2.16. The zero-order chi connectivity index (χ0) is 19.8. The molecule has 160 valence electrons. The highest BCUT2D eigenvalue weighted by molar-refractivity contribution is 14.0. The van der Waals surface area contributed by atoms with E-state index < -0.39 is 0 Å². The maximum absolute atomic E-state index is 5.47. The predicted molar refractivity (Wildman–Crippen MR) is 133 cm³/mol. The summed E-state index contributed by atoms with van der Waals surface area (Å²) in [5.74, 6) is 1.87. The van der Waals surface area contributed by atoms with E-state index in [1.165, 1.54) is 9.75 Å². The number of aromatic nitrogens is 1. The lowest BCUT2D eigenvalue weighted by Gasteiger charge is -2.29. The van der Waals surface area contributed by atoms with Gasteiger partial charge in [-0.2, -0.15) is 0 Å². The summed E-state index contributed by atoms with van der Waals surface area (Å²) in [5, 5.41) is 6.90. The Morgan fingerprint density at radius 1 is 1.31 bits per heavy atom. The van der Waals surface area contributed by atoms with Crippen molar-refractivity contribution >= 4 is 47.1 Å². The average molecular weight is 529 g/mol. The topological polar surface area (TPSA) is 61.8 Å². The van der Waals surface area contributed by atoms with Crippen molar-refractivity contribution in [1.29, 1.82) is 0 Å². The minimum Gasteiger partial charge on any atom is -0.378 e. The molecule has 6 nitrogen and oxygen atoms in total. The number of hydrogen-bond acceptors (Lipinski definition) is 5. The molecule has 1 fully saturated rings. The van der Waals surface area contributed by atoms with Crippen LogP contribution in [0.25, 0.3) is 0 Å². The number of nitrogens with one attached hydrogen (secondary N) is 2. The summed E-state index contributed by atoms with van der Waals surface area (Å²) >= 11 is 1.86. The Balaban J connectivity index is 0.00000300. The van der Waals surface area contributed by atoms with Crippen LogP contribution in [0.1, 0.15) is 29.2 Å². The van der Waals surface area contributed by atoms with Crippen LogP contribution in [0.4, 0.5) is 5.82 Å². The van der Waals surface area contributed by atoms with Crippen molar-refractivity contribution in [2.45, 2.75) is 39.8 Å². The number of halogens is 1. The van der Waals surface area contributed by atoms with Crippen LogP contribution in [0, 0.1) is 6.92 Å². The fraction of sp³-hybridized carbons (Fsp3) is 0.524. The molecule has 0 spiro atoms. The number of aryl methyl sites for hydroxylation is 1. The molecule has 1 aliphatic rings. The Hall–Kier alpha value is -1.39. The SMILES string of the molecule is CCNC(=NCc1cccnc1N1CCOCC1)NC(C)Cc1ccc(C)s1.I. The van der Waals surface area contributed by atoms with Gasteiger partial charge >= 0.3 is 0 Å². The number of aliphatic imine (C=N–C) groups is 1. The van der Waals surface area contributed by atoms with Gasteiger partial charge in [0.05, 0.1) is 19.8 Å². The Kier molecular flexibility index (Phi) is 10.2. The first-order valence-electron chi connectivity index (χ1n) is 10.0. The largest absolute Gasteiger partial charge is 0.378 e. The van der Waals surface area contributed by atoms with Gasteiger partial charge < -0.3 is 20.3 Å². The monoisotopic (exact) mass is 529 g/mol. The third-order valence-electron chi connectivity index (χ3n) is 4.62. The van der Waals surface area contributed by atoms with Crippen molar-refractivity contribution in [1.82, 2.24) is 15.6 Å². The van der Waals surface area contributed by atoms with E-state index in [4.69, 9.17) is 9.73 Å². The Labute approximate surface area is 195 Å². The molecule has 0 aromatic carbocycles. The number of guanidine groups is 1. The van der Waals surface area contributed by atoms with Gasteiger partial charge in [-0.05, 0) is 39.0 Å². The summed E-state index contributed by atoms with van der Waals surface area (Å²) in [7, 11) is 0. The molecule has 1 atom stereocenters. The highest BCUT2D eigenvalue weighted by atomic mass is 127. The first-order chi connectivity index (χ1) is 13.7. The second kappa shape index (κ2) is 12.3. The number of anilines is 1. The lowest BCUT2D eigenvalue weighted by atomic mass is 10.2. The van der Waals surface area contributed by atoms with Gasteiger partial charge in [0, 0.05) is 53.6 Å². The van der Waals surface area contributed by atoms with Gasteiger partial charge in [0.15, 0.2) is 5.96 Å². The number of rotatable bonds is 7. The smallest absolute Gasteiger partial charge is 0.191 e. The number of nitrogens with zero attached hydrogens (tertiary/aromatic N) is 3. The summed E-state index contributed by atoms with van der Waals surface area (Å²) in [6, 6.07) is 8.80. The third-order valence-corrected chi connectivity index (χ3v) is 5.64. The molecule has 3 heterocycles. The first-order valence-corrected chi connectivity index (χ1v) is 10.8. The number of thiophene rings is 1. The summed E-state index contributed by atoms with van der Waals surface area (Å²) < 4.78 is 5.47. The maximum atomic E-state index is 5.47. The van der Waals surface area contributed by atoms with Crippen LogP contribution >= 0.6 is 35.3 Å². The molecular weight excluding hydrogens is 497 g/mol. The van der Waals surface area contributed by atoms with Crippen molar-refractivity contribution in [2.24, 2.45) is 4.99 Å². The molecule has 1 aliphatic heterocycles. The summed E-state index contributed by atoms with van der Waals surface area (Å²) in [6.07, 6.45) is 2.85. The molecule has 2 aromatic heterocycles. The molecule has 1 unspecified atom stereocenters. The van der Waals surface area contributed by atoms with Gasteiger partial charge in [0.1, 0.15) is 5.82 Å². The molecule has 0 radical (unpaired) electrons. The number of pyridine rings is 1. The zero-order valence-electron chi connectivity index (χ0n) is 17.5. The maximum Gasteiger partial charge on any atom is 0.191 e. The minimum atomic E-state index is 0. The van der Waals surface area contributed by atoms with E-state index in [9.17, 15) is 0 Å². The van der Waals surface area contributed by atoms with Gasteiger partial charge in [-0.3, -0.25) is 0 Å². The molecule has 2 aromatic rings. The van der Waals surface area contributed by atoms with Crippen LogP contribution in [-0.2, 0) is 17.7 Å². The number of morpholine rings is 1. The predicted octanol–water partition coefficient (Wildman–Crippen LogP) is 3.59. The second-order valence-electron chi connectivity index (χ2n) is 7.04. The molecule has 0 saturated carbocycles. The third kappa shape index (κ3) is 7.42. The molecule has 29 heavy (non-hydrogen) atoms. The molecule has 3 rings (SSSR count). The highest BCUT2D eigenvalue weighted by Crippen LogP contribution is 2.19. The normalized spacial score (nSPS) is 15.6. The van der Waals surface area contributed by atoms with Crippen LogP contribution in [0.3, 0.4) is 0 Å². The molecule has 0 amide bonds. The van der Waals surface area contributed by atoms with E-state index in [0.29, 0.717) is 12.6 Å². The lowest BCUT2D eigenvalue weighted by Crippen LogP contribution is -2.43. The van der Waals surface area contributed by atoms with Gasteiger partial charge in [-0.1, -0.05) is 6.07 Å². The quantitative estimate of drug-likeness (QED) is 0.326. The molecule has 2 N–H and O–H groups in total. The second-order valence-corrected chi connectivity index (χ2v) is 8.42. The van der Waals surface area contributed by atoms with Gasteiger partial charge in [-0.15, -0.1) is 35.3 Å². The van der Waals surface area contributed by atoms with E-state index in [2.05, 4.69) is 59.5 Å². The van der Waals surface area contributed by atoms with Gasteiger partial charge in [0.2, 0.25) is 0 Å². The Morgan fingerprint density at radius 3 is 2.79 bits per heavy atom. The van der Waals surface area contributed by atoms with Gasteiger partial charge in [-0.25, -0.2) is 9.98 Å². The fourth-order valence-electron chi connectivity index (χ4n) is 3.28. The van der Waals surface area contributed by atoms with Crippen molar-refractivity contribution in [3.05, 3.63) is 45.8 Å². The standard InChI is InChI=1S/C21H31N5OS.HI/c1-4-22-21(25-16(2)14-19-8-7-17(3)28-19)24-15-18-6-5-9-23-20(18)26-10-12-27-13-11-26;/h5-9,16H,4,10-15H2,1-3H3,(H2,22,24,25);1H. The summed E-state index contributed by atoms with van der Waals surface area (Å²) in [5.41, 5.74) is 1.14. The minimum absolute atomic E-state index is 0. The van der Waals surface area contributed by atoms with Gasteiger partial charge in [0.25, 0.3) is 0 Å². The van der Waals surface area contributed by atoms with Crippen LogP contribution in [-0.4, -0.2) is 49.8 Å².